The average Bonchev–Trinajstić information content (AvgIpc) is 3.22. The van der Waals surface area contributed by atoms with Crippen LogP contribution in [0.25, 0.3) is 19.6 Å². The fraction of sp³-hybridized carbons (Fsp3) is 0. The van der Waals surface area contributed by atoms with E-state index in [9.17, 15) is 0 Å². The van der Waals surface area contributed by atoms with Crippen molar-refractivity contribution in [2.75, 3.05) is 0 Å². The zero-order valence-corrected chi connectivity index (χ0v) is 13.5. The molecule has 1 aliphatic rings. The van der Waals surface area contributed by atoms with Crippen LogP contribution < -0.4 is 0 Å². The highest BCUT2D eigenvalue weighted by molar-refractivity contribution is 8.17. The minimum Gasteiger partial charge on any atom is -0.143 e. The Morgan fingerprint density at radius 2 is 1.30 bits per heavy atom. The molecule has 0 radical (unpaired) electrons. The molecule has 4 rings (SSSR count). The summed E-state index contributed by atoms with van der Waals surface area (Å²) in [6, 6.07) is 12.9. The van der Waals surface area contributed by atoms with Crippen LogP contribution in [0.15, 0.2) is 58.6 Å². The largest absolute Gasteiger partial charge is 0.143 e. The van der Waals surface area contributed by atoms with Crippen molar-refractivity contribution >= 4 is 55.6 Å². The van der Waals surface area contributed by atoms with Gasteiger partial charge >= 0.3 is 0 Å². The number of thiophene rings is 3. The molecule has 0 atom stereocenters. The molecule has 1 aliphatic heterocycles. The maximum absolute atomic E-state index is 3.28. The first-order valence-electron chi connectivity index (χ1n) is 6.02. The Labute approximate surface area is 133 Å². The van der Waals surface area contributed by atoms with E-state index in [0.29, 0.717) is 0 Å². The highest BCUT2D eigenvalue weighted by atomic mass is 32.2. The van der Waals surface area contributed by atoms with E-state index in [1.807, 2.05) is 11.3 Å². The quantitative estimate of drug-likeness (QED) is 0.500. The van der Waals surface area contributed by atoms with Crippen LogP contribution in [-0.4, -0.2) is 0 Å². The average molecular weight is 329 g/mol. The molecule has 4 heterocycles. The number of thioether (sulfide) groups is 1. The molecule has 0 saturated heterocycles. The molecule has 3 aromatic heterocycles. The molecule has 4 heteroatoms. The monoisotopic (exact) mass is 328 g/mol. The van der Waals surface area contributed by atoms with E-state index in [-0.39, 0.29) is 0 Å². The molecule has 20 heavy (non-hydrogen) atoms. The van der Waals surface area contributed by atoms with Gasteiger partial charge in [0, 0.05) is 14.6 Å². The van der Waals surface area contributed by atoms with Crippen LogP contribution in [0.1, 0.15) is 9.75 Å². The topological polar surface area (TPSA) is 0 Å². The summed E-state index contributed by atoms with van der Waals surface area (Å²) >= 11 is 7.13. The molecule has 0 nitrogen and oxygen atoms in total. The lowest BCUT2D eigenvalue weighted by Crippen LogP contribution is -1.70. The summed E-state index contributed by atoms with van der Waals surface area (Å²) in [7, 11) is 0. The summed E-state index contributed by atoms with van der Waals surface area (Å²) in [5, 5.41) is 4.22. The number of rotatable bonds is 3. The second-order valence-electron chi connectivity index (χ2n) is 4.13. The Bertz CT molecular complexity index is 834. The molecule has 0 aromatic carbocycles. The van der Waals surface area contributed by atoms with Crippen molar-refractivity contribution in [2.45, 2.75) is 0 Å². The van der Waals surface area contributed by atoms with Crippen LogP contribution in [0.5, 0.6) is 0 Å². The first-order chi connectivity index (χ1) is 9.90. The van der Waals surface area contributed by atoms with Gasteiger partial charge in [-0.05, 0) is 35.0 Å². The van der Waals surface area contributed by atoms with E-state index >= 15 is 0 Å². The van der Waals surface area contributed by atoms with Crippen LogP contribution in [-0.2, 0) is 0 Å². The molecular weight excluding hydrogens is 320 g/mol. The summed E-state index contributed by atoms with van der Waals surface area (Å²) in [5.41, 5.74) is 6.55. The smallest absolute Gasteiger partial charge is 0.0804 e. The van der Waals surface area contributed by atoms with Gasteiger partial charge in [0.05, 0.1) is 14.7 Å². The minimum atomic E-state index is 1.18. The highest BCUT2D eigenvalue weighted by Crippen LogP contribution is 2.45. The molecule has 0 saturated carbocycles. The molecule has 0 aliphatic carbocycles. The molecular formula is C16H8S4. The zero-order chi connectivity index (χ0) is 13.4. The van der Waals surface area contributed by atoms with Gasteiger partial charge in [0.1, 0.15) is 0 Å². The molecule has 0 N–H and O–H groups in total. The second kappa shape index (κ2) is 5.27. The second-order valence-corrected chi connectivity index (χ2v) is 8.13. The zero-order valence-electron chi connectivity index (χ0n) is 10.3. The van der Waals surface area contributed by atoms with Crippen molar-refractivity contribution in [1.29, 1.82) is 0 Å². The van der Waals surface area contributed by atoms with Crippen LogP contribution >= 0.6 is 45.8 Å². The minimum absolute atomic E-state index is 1.18. The number of hydrogen-bond donors (Lipinski definition) is 0. The Morgan fingerprint density at radius 3 is 2.00 bits per heavy atom. The molecule has 3 aromatic rings. The van der Waals surface area contributed by atoms with E-state index < -0.39 is 0 Å². The van der Waals surface area contributed by atoms with E-state index in [0.717, 1.165) is 0 Å². The Balaban J connectivity index is 1.66. The SMILES string of the molecule is C1=C=C(c2ccc(-c3cccs3)s2)SC=1c1cccs1. The van der Waals surface area contributed by atoms with Gasteiger partial charge in [0.15, 0.2) is 0 Å². The highest BCUT2D eigenvalue weighted by Gasteiger charge is 2.15. The number of hydrogen-bond acceptors (Lipinski definition) is 4. The first-order valence-corrected chi connectivity index (χ1v) is 9.41. The third kappa shape index (κ3) is 2.27. The van der Waals surface area contributed by atoms with Crippen LogP contribution in [0.3, 0.4) is 0 Å². The third-order valence-corrected chi connectivity index (χ3v) is 7.20. The summed E-state index contributed by atoms with van der Waals surface area (Å²) in [6.07, 6.45) is 0. The Kier molecular flexibility index (Phi) is 3.29. The van der Waals surface area contributed by atoms with Crippen LogP contribution in [0.4, 0.5) is 0 Å². The maximum atomic E-state index is 3.28. The van der Waals surface area contributed by atoms with E-state index in [4.69, 9.17) is 0 Å². The maximum Gasteiger partial charge on any atom is 0.0804 e. The standard InChI is InChI=1S/C16H8S4/c1-3-11(17-9-1)13-5-7-15(19-13)16-8-6-14(20-16)12-4-2-10-18-12/h1-5,7,9-10H. The lowest BCUT2D eigenvalue weighted by molar-refractivity contribution is 1.91. The van der Waals surface area contributed by atoms with Gasteiger partial charge < -0.3 is 0 Å². The molecule has 0 bridgehead atoms. The fourth-order valence-corrected chi connectivity index (χ4v) is 5.53. The van der Waals surface area contributed by atoms with Gasteiger partial charge in [-0.2, -0.15) is 0 Å². The Morgan fingerprint density at radius 1 is 0.650 bits per heavy atom. The van der Waals surface area contributed by atoms with Crippen molar-refractivity contribution < 1.29 is 0 Å². The van der Waals surface area contributed by atoms with Crippen molar-refractivity contribution in [1.82, 2.24) is 0 Å². The predicted octanol–water partition coefficient (Wildman–Crippen LogP) is 6.42. The van der Waals surface area contributed by atoms with E-state index in [2.05, 4.69) is 58.6 Å². The van der Waals surface area contributed by atoms with Gasteiger partial charge in [-0.3, -0.25) is 0 Å². The van der Waals surface area contributed by atoms with Gasteiger partial charge in [0.25, 0.3) is 0 Å². The summed E-state index contributed by atoms with van der Waals surface area (Å²) in [4.78, 5) is 7.57. The van der Waals surface area contributed by atoms with E-state index in [1.165, 1.54) is 29.3 Å². The lowest BCUT2D eigenvalue weighted by atomic mass is 10.3. The van der Waals surface area contributed by atoms with Crippen LogP contribution in [0.2, 0.25) is 0 Å². The summed E-state index contributed by atoms with van der Waals surface area (Å²) in [6.45, 7) is 0. The van der Waals surface area contributed by atoms with Gasteiger partial charge in [0.2, 0.25) is 0 Å². The molecule has 0 fully saturated rings. The molecule has 0 amide bonds. The van der Waals surface area contributed by atoms with Gasteiger partial charge in [-0.25, -0.2) is 0 Å². The predicted molar refractivity (Wildman–Crippen MR) is 93.4 cm³/mol. The summed E-state index contributed by atoms with van der Waals surface area (Å²) in [5.74, 6) is 0. The van der Waals surface area contributed by atoms with E-state index in [1.54, 1.807) is 34.4 Å². The van der Waals surface area contributed by atoms with Crippen molar-refractivity contribution in [2.24, 2.45) is 0 Å². The fourth-order valence-electron chi connectivity index (χ4n) is 1.91. The van der Waals surface area contributed by atoms with Crippen molar-refractivity contribution in [3.05, 3.63) is 68.4 Å². The van der Waals surface area contributed by atoms with Gasteiger partial charge in [-0.1, -0.05) is 35.4 Å². The molecule has 0 spiro atoms. The Hall–Kier alpha value is -1.25. The van der Waals surface area contributed by atoms with Crippen molar-refractivity contribution in [3.63, 3.8) is 0 Å². The normalized spacial score (nSPS) is 13.6. The molecule has 96 valence electrons. The first kappa shape index (κ1) is 12.5. The van der Waals surface area contributed by atoms with Crippen LogP contribution in [0, 0.1) is 0 Å². The third-order valence-electron chi connectivity index (χ3n) is 2.83. The van der Waals surface area contributed by atoms with Gasteiger partial charge in [-0.15, -0.1) is 34.0 Å². The summed E-state index contributed by atoms with van der Waals surface area (Å²) < 4.78 is 0. The van der Waals surface area contributed by atoms with Crippen molar-refractivity contribution in [3.8, 4) is 9.75 Å². The molecule has 0 unspecified atom stereocenters. The lowest BCUT2D eigenvalue weighted by Gasteiger charge is -1.98.